The Labute approximate surface area is 140 Å². The molecule has 0 saturated carbocycles. The van der Waals surface area contributed by atoms with Crippen LogP contribution in [0.5, 0.6) is 5.75 Å². The quantitative estimate of drug-likeness (QED) is 0.823. The summed E-state index contributed by atoms with van der Waals surface area (Å²) in [5, 5.41) is 2.86. The molecule has 1 aromatic rings. The van der Waals surface area contributed by atoms with Crippen molar-refractivity contribution in [2.45, 2.75) is 12.5 Å². The molecule has 0 aliphatic carbocycles. The molecule has 2 aliphatic rings. The summed E-state index contributed by atoms with van der Waals surface area (Å²) in [6.45, 7) is 1.47. The molecule has 0 radical (unpaired) electrons. The van der Waals surface area contributed by atoms with Gasteiger partial charge in [-0.3, -0.25) is 9.59 Å². The lowest BCUT2D eigenvalue weighted by molar-refractivity contribution is -0.173. The van der Waals surface area contributed by atoms with Crippen LogP contribution in [0.25, 0.3) is 0 Å². The van der Waals surface area contributed by atoms with Crippen LogP contribution in [0.2, 0.25) is 0 Å². The van der Waals surface area contributed by atoms with Crippen LogP contribution >= 0.6 is 0 Å². The molecule has 1 N–H and O–H groups in total. The SMILES string of the molecule is COCC1(C(=O)NC2CCN(c3ccccc3OC)C2=O)COC1. The number of carbonyl (C=O) groups excluding carboxylic acids is 2. The summed E-state index contributed by atoms with van der Waals surface area (Å²) in [5.41, 5.74) is 0.0488. The molecule has 7 heteroatoms. The minimum Gasteiger partial charge on any atom is -0.495 e. The molecule has 0 bridgehead atoms. The Morgan fingerprint density at radius 2 is 2.12 bits per heavy atom. The van der Waals surface area contributed by atoms with Crippen molar-refractivity contribution in [3.63, 3.8) is 0 Å². The van der Waals surface area contributed by atoms with Crippen LogP contribution in [-0.2, 0) is 19.1 Å². The molecule has 1 aromatic carbocycles. The highest BCUT2D eigenvalue weighted by Gasteiger charge is 2.48. The van der Waals surface area contributed by atoms with E-state index >= 15 is 0 Å². The molecule has 3 rings (SSSR count). The highest BCUT2D eigenvalue weighted by Crippen LogP contribution is 2.32. The molecule has 2 fully saturated rings. The van der Waals surface area contributed by atoms with Gasteiger partial charge in [-0.1, -0.05) is 12.1 Å². The number of benzene rings is 1. The van der Waals surface area contributed by atoms with Gasteiger partial charge in [-0.25, -0.2) is 0 Å². The fraction of sp³-hybridized carbons (Fsp3) is 0.529. The van der Waals surface area contributed by atoms with Gasteiger partial charge in [-0.15, -0.1) is 0 Å². The van der Waals surface area contributed by atoms with E-state index in [1.807, 2.05) is 24.3 Å². The highest BCUT2D eigenvalue weighted by atomic mass is 16.5. The van der Waals surface area contributed by atoms with Crippen molar-refractivity contribution in [3.8, 4) is 5.75 Å². The first-order valence-electron chi connectivity index (χ1n) is 7.93. The Balaban J connectivity index is 1.69. The molecule has 2 saturated heterocycles. The van der Waals surface area contributed by atoms with Crippen molar-refractivity contribution in [1.82, 2.24) is 5.32 Å². The zero-order valence-electron chi connectivity index (χ0n) is 13.9. The summed E-state index contributed by atoms with van der Waals surface area (Å²) >= 11 is 0. The average molecular weight is 334 g/mol. The zero-order chi connectivity index (χ0) is 17.2. The normalized spacial score (nSPS) is 22.2. The first-order valence-corrected chi connectivity index (χ1v) is 7.93. The number of para-hydroxylation sites is 2. The van der Waals surface area contributed by atoms with Crippen molar-refractivity contribution in [1.29, 1.82) is 0 Å². The van der Waals surface area contributed by atoms with Gasteiger partial charge in [-0.05, 0) is 18.6 Å². The number of ether oxygens (including phenoxy) is 3. The van der Waals surface area contributed by atoms with Gasteiger partial charge in [-0.2, -0.15) is 0 Å². The molecule has 1 atom stereocenters. The van der Waals surface area contributed by atoms with Gasteiger partial charge < -0.3 is 24.4 Å². The first-order chi connectivity index (χ1) is 11.6. The standard InChI is InChI=1S/C17H22N2O5/c1-22-9-17(10-24-11-17)16(21)18-12-7-8-19(15(12)20)13-5-3-4-6-14(13)23-2/h3-6,12H,7-11H2,1-2H3,(H,18,21). The van der Waals surface area contributed by atoms with E-state index in [-0.39, 0.29) is 18.4 Å². The predicted octanol–water partition coefficient (Wildman–Crippen LogP) is 0.580. The second-order valence-electron chi connectivity index (χ2n) is 6.18. The summed E-state index contributed by atoms with van der Waals surface area (Å²) in [6.07, 6.45) is 0.562. The number of amides is 2. The van der Waals surface area contributed by atoms with E-state index < -0.39 is 11.5 Å². The van der Waals surface area contributed by atoms with Crippen LogP contribution in [0.15, 0.2) is 24.3 Å². The number of hydrogen-bond donors (Lipinski definition) is 1. The smallest absolute Gasteiger partial charge is 0.249 e. The summed E-state index contributed by atoms with van der Waals surface area (Å²) in [4.78, 5) is 26.9. The summed E-state index contributed by atoms with van der Waals surface area (Å²) in [6, 6.07) is 6.83. The number of nitrogens with one attached hydrogen (secondary N) is 1. The van der Waals surface area contributed by atoms with Gasteiger partial charge >= 0.3 is 0 Å². The number of carbonyl (C=O) groups is 2. The van der Waals surface area contributed by atoms with E-state index in [4.69, 9.17) is 14.2 Å². The fourth-order valence-electron chi connectivity index (χ4n) is 3.12. The Bertz CT molecular complexity index is 629. The van der Waals surface area contributed by atoms with Gasteiger partial charge in [0.05, 0.1) is 32.6 Å². The Hall–Kier alpha value is -2.12. The number of hydrogen-bond acceptors (Lipinski definition) is 5. The summed E-state index contributed by atoms with van der Waals surface area (Å²) in [7, 11) is 3.13. The van der Waals surface area contributed by atoms with Crippen molar-refractivity contribution < 1.29 is 23.8 Å². The van der Waals surface area contributed by atoms with Gasteiger partial charge in [0.1, 0.15) is 17.2 Å². The van der Waals surface area contributed by atoms with Gasteiger partial charge in [0.15, 0.2) is 0 Å². The number of anilines is 1. The topological polar surface area (TPSA) is 77.1 Å². The number of rotatable bonds is 6. The molecule has 2 amide bonds. The van der Waals surface area contributed by atoms with E-state index in [0.29, 0.717) is 31.9 Å². The van der Waals surface area contributed by atoms with Crippen LogP contribution in [0.3, 0.4) is 0 Å². The van der Waals surface area contributed by atoms with Crippen molar-refractivity contribution in [2.75, 3.05) is 45.5 Å². The van der Waals surface area contributed by atoms with Crippen LogP contribution in [0, 0.1) is 5.41 Å². The zero-order valence-corrected chi connectivity index (χ0v) is 13.9. The molecule has 2 heterocycles. The first kappa shape index (κ1) is 16.7. The lowest BCUT2D eigenvalue weighted by Gasteiger charge is -2.39. The highest BCUT2D eigenvalue weighted by molar-refractivity contribution is 6.02. The average Bonchev–Trinajstić information content (AvgIpc) is 2.91. The fourth-order valence-corrected chi connectivity index (χ4v) is 3.12. The van der Waals surface area contributed by atoms with Crippen LogP contribution in [0.4, 0.5) is 5.69 Å². The maximum atomic E-state index is 12.7. The minimum atomic E-state index is -0.674. The monoisotopic (exact) mass is 334 g/mol. The third-order valence-electron chi connectivity index (χ3n) is 4.55. The van der Waals surface area contributed by atoms with Gasteiger partial charge in [0, 0.05) is 13.7 Å². The maximum absolute atomic E-state index is 12.7. The molecular formula is C17H22N2O5. The maximum Gasteiger partial charge on any atom is 0.249 e. The third-order valence-corrected chi connectivity index (χ3v) is 4.55. The summed E-state index contributed by atoms with van der Waals surface area (Å²) in [5.74, 6) is 0.331. The van der Waals surface area contributed by atoms with Crippen LogP contribution < -0.4 is 15.0 Å². The van der Waals surface area contributed by atoms with Crippen molar-refractivity contribution in [2.24, 2.45) is 5.41 Å². The lowest BCUT2D eigenvalue weighted by Crippen LogP contribution is -2.59. The second-order valence-corrected chi connectivity index (χ2v) is 6.18. The predicted molar refractivity (Wildman–Crippen MR) is 87.0 cm³/mol. The third kappa shape index (κ3) is 2.85. The van der Waals surface area contributed by atoms with Crippen molar-refractivity contribution >= 4 is 17.5 Å². The van der Waals surface area contributed by atoms with Crippen LogP contribution in [-0.4, -0.2) is 58.4 Å². The van der Waals surface area contributed by atoms with E-state index in [1.54, 1.807) is 19.1 Å². The minimum absolute atomic E-state index is 0.124. The molecule has 1 unspecified atom stereocenters. The molecule has 2 aliphatic heterocycles. The van der Waals surface area contributed by atoms with E-state index in [1.165, 1.54) is 0 Å². The molecule has 0 aromatic heterocycles. The molecule has 24 heavy (non-hydrogen) atoms. The molecular weight excluding hydrogens is 312 g/mol. The largest absolute Gasteiger partial charge is 0.495 e. The van der Waals surface area contributed by atoms with E-state index in [9.17, 15) is 9.59 Å². The van der Waals surface area contributed by atoms with Crippen molar-refractivity contribution in [3.05, 3.63) is 24.3 Å². The number of methoxy groups -OCH3 is 2. The second kappa shape index (κ2) is 6.78. The van der Waals surface area contributed by atoms with Gasteiger partial charge in [0.25, 0.3) is 0 Å². The summed E-state index contributed by atoms with van der Waals surface area (Å²) < 4.78 is 15.6. The van der Waals surface area contributed by atoms with Gasteiger partial charge in [0.2, 0.25) is 11.8 Å². The lowest BCUT2D eigenvalue weighted by atomic mass is 9.85. The Morgan fingerprint density at radius 1 is 1.38 bits per heavy atom. The number of nitrogens with zero attached hydrogens (tertiary/aromatic N) is 1. The molecule has 0 spiro atoms. The Morgan fingerprint density at radius 3 is 2.75 bits per heavy atom. The van der Waals surface area contributed by atoms with E-state index in [2.05, 4.69) is 5.32 Å². The molecule has 7 nitrogen and oxygen atoms in total. The Kier molecular flexibility index (Phi) is 4.73. The van der Waals surface area contributed by atoms with E-state index in [0.717, 1.165) is 5.69 Å². The molecule has 130 valence electrons. The van der Waals surface area contributed by atoms with Crippen LogP contribution in [0.1, 0.15) is 6.42 Å².